The summed E-state index contributed by atoms with van der Waals surface area (Å²) in [5.41, 5.74) is 1.25. The molecular formula is C15H10N2O3S. The molecule has 21 heavy (non-hydrogen) atoms. The Bertz CT molecular complexity index is 726. The first-order valence-corrected chi connectivity index (χ1v) is 6.94. The average molecular weight is 298 g/mol. The van der Waals surface area contributed by atoms with Crippen LogP contribution in [0.4, 0.5) is 10.5 Å². The SMILES string of the molecule is O=C1SC(=Cc2ccncc2)C(=O)N1c1ccc(O)cc1. The molecule has 0 spiro atoms. The van der Waals surface area contributed by atoms with Crippen molar-refractivity contribution in [2.75, 3.05) is 4.90 Å². The van der Waals surface area contributed by atoms with Crippen molar-refractivity contribution in [3.05, 3.63) is 59.3 Å². The maximum Gasteiger partial charge on any atom is 0.298 e. The molecule has 0 bridgehead atoms. The molecule has 1 aliphatic rings. The normalized spacial score (nSPS) is 16.8. The number of carbonyl (C=O) groups excluding carboxylic acids is 2. The lowest BCUT2D eigenvalue weighted by Crippen LogP contribution is -2.27. The van der Waals surface area contributed by atoms with Crippen LogP contribution in [0, 0.1) is 0 Å². The largest absolute Gasteiger partial charge is 0.508 e. The first-order chi connectivity index (χ1) is 10.1. The van der Waals surface area contributed by atoms with Gasteiger partial charge in [-0.1, -0.05) is 0 Å². The lowest BCUT2D eigenvalue weighted by Gasteiger charge is -2.12. The lowest BCUT2D eigenvalue weighted by molar-refractivity contribution is -0.113. The molecule has 0 atom stereocenters. The number of nitrogens with zero attached hydrogens (tertiary/aromatic N) is 2. The molecule has 2 aromatic rings. The molecule has 1 N–H and O–H groups in total. The van der Waals surface area contributed by atoms with Crippen molar-refractivity contribution >= 4 is 34.7 Å². The number of phenolic OH excluding ortho intramolecular Hbond substituents is 1. The Morgan fingerprint density at radius 3 is 2.38 bits per heavy atom. The summed E-state index contributed by atoms with van der Waals surface area (Å²) < 4.78 is 0. The van der Waals surface area contributed by atoms with Gasteiger partial charge in [-0.15, -0.1) is 0 Å². The molecule has 1 aromatic heterocycles. The van der Waals surface area contributed by atoms with Crippen LogP contribution < -0.4 is 4.90 Å². The van der Waals surface area contributed by atoms with Crippen molar-refractivity contribution in [1.82, 2.24) is 4.98 Å². The summed E-state index contributed by atoms with van der Waals surface area (Å²) in [6, 6.07) is 9.45. The quantitative estimate of drug-likeness (QED) is 0.863. The van der Waals surface area contributed by atoms with E-state index in [-0.39, 0.29) is 16.9 Å². The van der Waals surface area contributed by atoms with Gasteiger partial charge in [0.05, 0.1) is 10.6 Å². The fourth-order valence-corrected chi connectivity index (χ4v) is 2.74. The van der Waals surface area contributed by atoms with Crippen LogP contribution in [0.5, 0.6) is 5.75 Å². The number of amides is 2. The Morgan fingerprint density at radius 2 is 1.71 bits per heavy atom. The second-order valence-electron chi connectivity index (χ2n) is 4.31. The van der Waals surface area contributed by atoms with Gasteiger partial charge in [0, 0.05) is 12.4 Å². The van der Waals surface area contributed by atoms with Crippen LogP contribution in [0.2, 0.25) is 0 Å². The molecule has 0 saturated carbocycles. The molecule has 5 nitrogen and oxygen atoms in total. The standard InChI is InChI=1S/C15H10N2O3S/c18-12-3-1-11(2-4-12)17-14(19)13(21-15(17)20)9-10-5-7-16-8-6-10/h1-9,18H. The maximum absolute atomic E-state index is 12.3. The number of benzene rings is 1. The molecule has 2 amide bonds. The molecule has 1 aromatic carbocycles. The molecule has 3 rings (SSSR count). The highest BCUT2D eigenvalue weighted by molar-refractivity contribution is 8.19. The van der Waals surface area contributed by atoms with Crippen LogP contribution >= 0.6 is 11.8 Å². The van der Waals surface area contributed by atoms with Gasteiger partial charge in [-0.3, -0.25) is 14.6 Å². The minimum Gasteiger partial charge on any atom is -0.508 e. The summed E-state index contributed by atoms with van der Waals surface area (Å²) in [4.78, 5) is 29.7. The Morgan fingerprint density at radius 1 is 1.05 bits per heavy atom. The van der Waals surface area contributed by atoms with Gasteiger partial charge >= 0.3 is 0 Å². The lowest BCUT2D eigenvalue weighted by atomic mass is 10.2. The number of imide groups is 1. The number of anilines is 1. The third kappa shape index (κ3) is 2.66. The van der Waals surface area contributed by atoms with Gasteiger partial charge in [-0.25, -0.2) is 4.90 Å². The minimum atomic E-state index is -0.368. The summed E-state index contributed by atoms with van der Waals surface area (Å²) >= 11 is 0.891. The van der Waals surface area contributed by atoms with Gasteiger partial charge in [-0.05, 0) is 59.8 Å². The third-order valence-electron chi connectivity index (χ3n) is 2.91. The number of pyridine rings is 1. The second-order valence-corrected chi connectivity index (χ2v) is 5.31. The van der Waals surface area contributed by atoms with Gasteiger partial charge in [0.1, 0.15) is 5.75 Å². The van der Waals surface area contributed by atoms with E-state index < -0.39 is 0 Å². The summed E-state index contributed by atoms with van der Waals surface area (Å²) in [6.07, 6.45) is 4.90. The first-order valence-electron chi connectivity index (χ1n) is 6.12. The van der Waals surface area contributed by atoms with Crippen LogP contribution in [0.3, 0.4) is 0 Å². The van der Waals surface area contributed by atoms with Crippen LogP contribution in [-0.2, 0) is 4.79 Å². The predicted molar refractivity (Wildman–Crippen MR) is 80.8 cm³/mol. The van der Waals surface area contributed by atoms with Gasteiger partial charge in [-0.2, -0.15) is 0 Å². The highest BCUT2D eigenvalue weighted by atomic mass is 32.2. The van der Waals surface area contributed by atoms with Crippen LogP contribution in [0.25, 0.3) is 6.08 Å². The zero-order chi connectivity index (χ0) is 14.8. The molecule has 6 heteroatoms. The summed E-state index contributed by atoms with van der Waals surface area (Å²) in [7, 11) is 0. The van der Waals surface area contributed by atoms with Crippen LogP contribution in [0.15, 0.2) is 53.7 Å². The van der Waals surface area contributed by atoms with E-state index in [1.807, 2.05) is 0 Å². The topological polar surface area (TPSA) is 70.5 Å². The number of thioether (sulfide) groups is 1. The van der Waals surface area contributed by atoms with Crippen molar-refractivity contribution in [2.24, 2.45) is 0 Å². The van der Waals surface area contributed by atoms with E-state index in [4.69, 9.17) is 0 Å². The summed E-state index contributed by atoms with van der Waals surface area (Å²) in [6.45, 7) is 0. The van der Waals surface area contributed by atoms with E-state index in [0.717, 1.165) is 22.2 Å². The Kier molecular flexibility index (Phi) is 3.45. The third-order valence-corrected chi connectivity index (χ3v) is 3.78. The molecule has 1 saturated heterocycles. The number of aromatic nitrogens is 1. The van der Waals surface area contributed by atoms with Crippen molar-refractivity contribution in [2.45, 2.75) is 0 Å². The Hall–Kier alpha value is -2.60. The number of hydrogen-bond donors (Lipinski definition) is 1. The van der Waals surface area contributed by atoms with E-state index in [1.165, 1.54) is 24.3 Å². The van der Waals surface area contributed by atoms with Crippen molar-refractivity contribution in [1.29, 1.82) is 0 Å². The van der Waals surface area contributed by atoms with Crippen LogP contribution in [-0.4, -0.2) is 21.2 Å². The number of carbonyl (C=O) groups is 2. The maximum atomic E-state index is 12.3. The zero-order valence-electron chi connectivity index (χ0n) is 10.8. The molecule has 0 unspecified atom stereocenters. The molecule has 1 aliphatic heterocycles. The monoisotopic (exact) mass is 298 g/mol. The summed E-state index contributed by atoms with van der Waals surface area (Å²) in [5, 5.41) is 8.91. The van der Waals surface area contributed by atoms with E-state index in [2.05, 4.69) is 4.98 Å². The average Bonchev–Trinajstić information content (AvgIpc) is 2.76. The van der Waals surface area contributed by atoms with E-state index in [1.54, 1.807) is 30.6 Å². The van der Waals surface area contributed by atoms with Gasteiger partial charge < -0.3 is 5.11 Å². The van der Waals surface area contributed by atoms with E-state index >= 15 is 0 Å². The van der Waals surface area contributed by atoms with Gasteiger partial charge in [0.2, 0.25) is 0 Å². The van der Waals surface area contributed by atoms with Crippen LogP contribution in [0.1, 0.15) is 5.56 Å². The number of phenols is 1. The molecule has 0 radical (unpaired) electrons. The first kappa shape index (κ1) is 13.4. The summed E-state index contributed by atoms with van der Waals surface area (Å²) in [5.74, 6) is -0.287. The number of aromatic hydroxyl groups is 1. The number of hydrogen-bond acceptors (Lipinski definition) is 5. The molecular weight excluding hydrogens is 288 g/mol. The van der Waals surface area contributed by atoms with Crippen molar-refractivity contribution < 1.29 is 14.7 Å². The molecule has 0 aliphatic carbocycles. The van der Waals surface area contributed by atoms with Crippen molar-refractivity contribution in [3.8, 4) is 5.75 Å². The molecule has 2 heterocycles. The number of rotatable bonds is 2. The van der Waals surface area contributed by atoms with E-state index in [0.29, 0.717) is 10.6 Å². The Balaban J connectivity index is 1.92. The fourth-order valence-electron chi connectivity index (χ4n) is 1.90. The zero-order valence-corrected chi connectivity index (χ0v) is 11.6. The Labute approximate surface area is 124 Å². The van der Waals surface area contributed by atoms with Crippen molar-refractivity contribution in [3.63, 3.8) is 0 Å². The smallest absolute Gasteiger partial charge is 0.298 e. The fraction of sp³-hybridized carbons (Fsp3) is 0. The molecule has 104 valence electrons. The minimum absolute atomic E-state index is 0.0815. The second kappa shape index (κ2) is 5.41. The molecule has 1 fully saturated rings. The highest BCUT2D eigenvalue weighted by Crippen LogP contribution is 2.35. The van der Waals surface area contributed by atoms with E-state index in [9.17, 15) is 14.7 Å². The highest BCUT2D eigenvalue weighted by Gasteiger charge is 2.36. The van der Waals surface area contributed by atoms with Gasteiger partial charge in [0.25, 0.3) is 11.1 Å². The predicted octanol–water partition coefficient (Wildman–Crippen LogP) is 3.03. The van der Waals surface area contributed by atoms with Gasteiger partial charge in [0.15, 0.2) is 0 Å².